The molecule has 0 radical (unpaired) electrons. The highest BCUT2D eigenvalue weighted by Gasteiger charge is 2.17. The molecule has 0 saturated carbocycles. The maximum Gasteiger partial charge on any atom is 0.327 e. The summed E-state index contributed by atoms with van der Waals surface area (Å²) in [4.78, 5) is 22.2. The van der Waals surface area contributed by atoms with Gasteiger partial charge in [0.1, 0.15) is 6.04 Å². The molecule has 2 N–H and O–H groups in total. The molecular formula is C22H35NO3S. The number of thioether (sulfide) groups is 1. The third kappa shape index (κ3) is 15.0. The molecule has 27 heavy (non-hydrogen) atoms. The fraction of sp³-hybridized carbons (Fsp3) is 0.545. The van der Waals surface area contributed by atoms with E-state index in [1.165, 1.54) is 35.4 Å². The van der Waals surface area contributed by atoms with Crippen LogP contribution in [0, 0.1) is 0 Å². The zero-order valence-corrected chi connectivity index (χ0v) is 18.0. The fourth-order valence-electron chi connectivity index (χ4n) is 2.45. The maximum absolute atomic E-state index is 11.1. The third-order valence-corrected chi connectivity index (χ3v) is 4.88. The number of carboxylic acids is 1. The minimum absolute atomic E-state index is 0.322. The molecule has 0 heterocycles. The number of hydrogen-bond donors (Lipinski definition) is 2. The van der Waals surface area contributed by atoms with Crippen LogP contribution in [0.25, 0.3) is 0 Å². The molecule has 0 aliphatic rings. The summed E-state index contributed by atoms with van der Waals surface area (Å²) in [6.45, 7) is 11.6. The zero-order chi connectivity index (χ0) is 20.7. The van der Waals surface area contributed by atoms with Crippen molar-refractivity contribution in [2.45, 2.75) is 65.8 Å². The van der Waals surface area contributed by atoms with E-state index < -0.39 is 12.0 Å². The number of carbonyl (C=O) groups excluding carboxylic acids is 1. The Morgan fingerprint density at radius 3 is 2.30 bits per heavy atom. The van der Waals surface area contributed by atoms with Crippen LogP contribution in [0.4, 0.5) is 0 Å². The molecule has 1 atom stereocenters. The van der Waals surface area contributed by atoms with Gasteiger partial charge in [0.2, 0.25) is 5.91 Å². The number of allylic oxidation sites excluding steroid dienone is 6. The van der Waals surface area contributed by atoms with Crippen molar-refractivity contribution in [3.63, 3.8) is 0 Å². The molecule has 0 unspecified atom stereocenters. The molecule has 0 aliphatic heterocycles. The Hall–Kier alpha value is -1.75. The molecule has 152 valence electrons. The van der Waals surface area contributed by atoms with Gasteiger partial charge in [-0.3, -0.25) is 4.79 Å². The second-order valence-corrected chi connectivity index (χ2v) is 7.97. The maximum atomic E-state index is 11.1. The fourth-order valence-corrected chi connectivity index (χ4v) is 3.40. The van der Waals surface area contributed by atoms with E-state index in [9.17, 15) is 9.59 Å². The number of nitrogens with one attached hydrogen (secondary N) is 1. The largest absolute Gasteiger partial charge is 0.480 e. The number of aliphatic carboxylic acids is 1. The Labute approximate surface area is 168 Å². The van der Waals surface area contributed by atoms with Crippen LogP contribution in [0.2, 0.25) is 0 Å². The van der Waals surface area contributed by atoms with Gasteiger partial charge in [-0.25, -0.2) is 4.79 Å². The van der Waals surface area contributed by atoms with Crippen molar-refractivity contribution in [3.05, 3.63) is 47.6 Å². The van der Waals surface area contributed by atoms with E-state index in [4.69, 9.17) is 5.11 Å². The van der Waals surface area contributed by atoms with Crippen molar-refractivity contribution in [3.8, 4) is 0 Å². The normalized spacial score (nSPS) is 13.0. The summed E-state index contributed by atoms with van der Waals surface area (Å²) in [6.07, 6.45) is 13.7. The van der Waals surface area contributed by atoms with E-state index in [0.717, 1.165) is 37.9 Å². The van der Waals surface area contributed by atoms with E-state index in [0.29, 0.717) is 5.75 Å². The highest BCUT2D eigenvalue weighted by molar-refractivity contribution is 7.99. The van der Waals surface area contributed by atoms with Gasteiger partial charge in [0, 0.05) is 18.4 Å². The van der Waals surface area contributed by atoms with Crippen molar-refractivity contribution in [2.24, 2.45) is 0 Å². The molecule has 5 heteroatoms. The molecule has 0 aliphatic carbocycles. The van der Waals surface area contributed by atoms with Crippen LogP contribution in [-0.2, 0) is 9.59 Å². The topological polar surface area (TPSA) is 66.4 Å². The first-order valence-electron chi connectivity index (χ1n) is 9.41. The van der Waals surface area contributed by atoms with E-state index in [2.05, 4.69) is 50.9 Å². The first kappa shape index (κ1) is 25.2. The van der Waals surface area contributed by atoms with Crippen molar-refractivity contribution in [1.29, 1.82) is 0 Å². The van der Waals surface area contributed by atoms with E-state index in [-0.39, 0.29) is 5.91 Å². The molecular weight excluding hydrogens is 358 g/mol. The average Bonchev–Trinajstić information content (AvgIpc) is 2.56. The standard InChI is InChI=1S/C22H35NO3S/c1-6-9-20(13-8-12-18(4)11-7-10-17(2)3)14-15-27-16-21(22(25)26)23-19(5)24/h6,10,12,14,21H,1,7-9,11,13,15-16H2,2-5H3,(H,23,24)(H,25,26)/t21-/m0/s1. The Morgan fingerprint density at radius 2 is 1.74 bits per heavy atom. The quantitative estimate of drug-likeness (QED) is 0.311. The van der Waals surface area contributed by atoms with E-state index >= 15 is 0 Å². The van der Waals surface area contributed by atoms with Crippen LogP contribution in [0.5, 0.6) is 0 Å². The Balaban J connectivity index is 4.41. The molecule has 0 spiro atoms. The predicted molar refractivity (Wildman–Crippen MR) is 117 cm³/mol. The third-order valence-electron chi connectivity index (χ3n) is 3.91. The lowest BCUT2D eigenvalue weighted by molar-refractivity contribution is -0.140. The summed E-state index contributed by atoms with van der Waals surface area (Å²) in [5.41, 5.74) is 4.09. The smallest absolute Gasteiger partial charge is 0.327 e. The molecule has 0 rings (SSSR count). The van der Waals surface area contributed by atoms with Crippen molar-refractivity contribution < 1.29 is 14.7 Å². The van der Waals surface area contributed by atoms with E-state index in [1.54, 1.807) is 0 Å². The minimum atomic E-state index is -0.998. The average molecular weight is 394 g/mol. The van der Waals surface area contributed by atoms with Gasteiger partial charge in [-0.2, -0.15) is 11.8 Å². The first-order chi connectivity index (χ1) is 12.8. The lowest BCUT2D eigenvalue weighted by Crippen LogP contribution is -2.41. The van der Waals surface area contributed by atoms with Crippen LogP contribution in [0.1, 0.15) is 59.8 Å². The predicted octanol–water partition coefficient (Wildman–Crippen LogP) is 5.28. The number of carboxylic acid groups (broad SMARTS) is 1. The molecule has 0 saturated heterocycles. The van der Waals surface area contributed by atoms with Crippen LogP contribution >= 0.6 is 11.8 Å². The number of amides is 1. The molecule has 0 aromatic heterocycles. The Bertz CT molecular complexity index is 572. The van der Waals surface area contributed by atoms with Crippen molar-refractivity contribution in [1.82, 2.24) is 5.32 Å². The van der Waals surface area contributed by atoms with Crippen LogP contribution in [-0.4, -0.2) is 34.5 Å². The minimum Gasteiger partial charge on any atom is -0.480 e. The number of rotatable bonds is 14. The summed E-state index contributed by atoms with van der Waals surface area (Å²) in [5.74, 6) is -0.231. The summed E-state index contributed by atoms with van der Waals surface area (Å²) in [6, 6.07) is -0.838. The highest BCUT2D eigenvalue weighted by Crippen LogP contribution is 2.16. The molecule has 4 nitrogen and oxygen atoms in total. The Kier molecular flexibility index (Phi) is 14.3. The summed E-state index contributed by atoms with van der Waals surface area (Å²) in [5, 5.41) is 11.6. The second-order valence-electron chi connectivity index (χ2n) is 6.89. The van der Waals surface area contributed by atoms with Crippen molar-refractivity contribution in [2.75, 3.05) is 11.5 Å². The molecule has 0 bridgehead atoms. The van der Waals surface area contributed by atoms with Crippen LogP contribution < -0.4 is 5.32 Å². The van der Waals surface area contributed by atoms with Gasteiger partial charge >= 0.3 is 5.97 Å². The van der Waals surface area contributed by atoms with Gasteiger partial charge in [0.15, 0.2) is 0 Å². The van der Waals surface area contributed by atoms with E-state index in [1.807, 2.05) is 6.08 Å². The van der Waals surface area contributed by atoms with Crippen LogP contribution in [0.3, 0.4) is 0 Å². The zero-order valence-electron chi connectivity index (χ0n) is 17.2. The summed E-state index contributed by atoms with van der Waals surface area (Å²) in [7, 11) is 0. The lowest BCUT2D eigenvalue weighted by atomic mass is 10.0. The van der Waals surface area contributed by atoms with Gasteiger partial charge in [-0.15, -0.1) is 6.58 Å². The monoisotopic (exact) mass is 393 g/mol. The summed E-state index contributed by atoms with van der Waals surface area (Å²) >= 11 is 1.51. The SMILES string of the molecule is C=CCC(=CCSC[C@H](NC(C)=O)C(=O)O)CCC=C(C)CCC=C(C)C. The highest BCUT2D eigenvalue weighted by atomic mass is 32.2. The van der Waals surface area contributed by atoms with Gasteiger partial charge < -0.3 is 10.4 Å². The summed E-state index contributed by atoms with van der Waals surface area (Å²) < 4.78 is 0. The Morgan fingerprint density at radius 1 is 1.07 bits per heavy atom. The van der Waals surface area contributed by atoms with Gasteiger partial charge in [0.05, 0.1) is 0 Å². The number of carbonyl (C=O) groups is 2. The first-order valence-corrected chi connectivity index (χ1v) is 10.6. The van der Waals surface area contributed by atoms with Gasteiger partial charge in [0.25, 0.3) is 0 Å². The van der Waals surface area contributed by atoms with Crippen LogP contribution in [0.15, 0.2) is 47.6 Å². The van der Waals surface area contributed by atoms with Gasteiger partial charge in [-0.05, 0) is 52.9 Å². The second kappa shape index (κ2) is 15.3. The molecule has 0 aromatic rings. The lowest BCUT2D eigenvalue weighted by Gasteiger charge is -2.12. The molecule has 0 aromatic carbocycles. The van der Waals surface area contributed by atoms with Gasteiger partial charge in [-0.1, -0.05) is 41.0 Å². The molecule has 1 amide bonds. The number of hydrogen-bond acceptors (Lipinski definition) is 3. The van der Waals surface area contributed by atoms with Crippen molar-refractivity contribution >= 4 is 23.6 Å². The molecule has 0 fully saturated rings.